The highest BCUT2D eigenvalue weighted by molar-refractivity contribution is 7.79. The predicted molar refractivity (Wildman–Crippen MR) is 86.8 cm³/mol. The van der Waals surface area contributed by atoms with Crippen molar-refractivity contribution in [3.05, 3.63) is 53.6 Å². The van der Waals surface area contributed by atoms with Gasteiger partial charge < -0.3 is 15.4 Å². The zero-order valence-corrected chi connectivity index (χ0v) is 13.5. The van der Waals surface area contributed by atoms with Crippen molar-refractivity contribution in [2.75, 3.05) is 0 Å². The molecule has 2 aromatic carbocycles. The van der Waals surface area contributed by atoms with Crippen molar-refractivity contribution in [2.45, 2.75) is 31.4 Å². The Bertz CT molecular complexity index is 683. The first-order valence-electron chi connectivity index (χ1n) is 7.14. The zero-order chi connectivity index (χ0) is 16.3. The summed E-state index contributed by atoms with van der Waals surface area (Å²) in [7, 11) is 0. The minimum atomic E-state index is -2.45. The molecule has 2 unspecified atom stereocenters. The summed E-state index contributed by atoms with van der Waals surface area (Å²) in [5.74, 6) is 0.551. The first-order valence-corrected chi connectivity index (χ1v) is 8.22. The molecule has 0 radical (unpaired) electrons. The number of hydrogen-bond donors (Lipinski definition) is 2. The van der Waals surface area contributed by atoms with Crippen LogP contribution in [0.5, 0.6) is 0 Å². The lowest BCUT2D eigenvalue weighted by molar-refractivity contribution is 0.183. The van der Waals surface area contributed by atoms with Crippen molar-refractivity contribution >= 4 is 11.1 Å². The van der Waals surface area contributed by atoms with Crippen molar-refractivity contribution in [3.63, 3.8) is 0 Å². The molecule has 2 atom stereocenters. The van der Waals surface area contributed by atoms with Gasteiger partial charge in [-0.3, -0.25) is 4.21 Å². The average molecular weight is 318 g/mol. The summed E-state index contributed by atoms with van der Waals surface area (Å²) in [4.78, 5) is 0.0294. The number of rotatable bonds is 5. The molecule has 0 saturated carbocycles. The van der Waals surface area contributed by atoms with Crippen LogP contribution < -0.4 is 5.73 Å². The maximum Gasteiger partial charge on any atom is 0.129 e. The van der Waals surface area contributed by atoms with E-state index in [1.807, 2.05) is 12.1 Å². The van der Waals surface area contributed by atoms with Gasteiger partial charge in [0, 0.05) is 10.5 Å². The maximum atomic E-state index is 11.4. The van der Waals surface area contributed by atoms with Gasteiger partial charge in [-0.15, -0.1) is 0 Å². The monoisotopic (exact) mass is 318 g/mol. The summed E-state index contributed by atoms with van der Waals surface area (Å²) in [6.07, 6.45) is -0.345. The molecule has 118 valence electrons. The fourth-order valence-electron chi connectivity index (χ4n) is 2.45. The quantitative estimate of drug-likeness (QED) is 0.655. The third-order valence-electron chi connectivity index (χ3n) is 3.42. The van der Waals surface area contributed by atoms with E-state index in [-0.39, 0.29) is 10.5 Å². The SMILES string of the molecule is CC(C)Cc1cccc(-c2ccc(C(N)O)c(S(=O)[O-])c2)c1. The maximum absolute atomic E-state index is 11.4. The number of hydrogen-bond acceptors (Lipinski definition) is 4. The third-order valence-corrected chi connectivity index (χ3v) is 4.13. The van der Waals surface area contributed by atoms with E-state index < -0.39 is 17.3 Å². The van der Waals surface area contributed by atoms with Gasteiger partial charge in [-0.1, -0.05) is 50.2 Å². The zero-order valence-electron chi connectivity index (χ0n) is 12.7. The van der Waals surface area contributed by atoms with Crippen molar-refractivity contribution in [3.8, 4) is 11.1 Å². The van der Waals surface area contributed by atoms with Crippen molar-refractivity contribution in [1.29, 1.82) is 0 Å². The standard InChI is InChI=1S/C17H21NO3S/c1-11(2)8-12-4-3-5-13(9-12)14-6-7-15(17(18)19)16(10-14)22(20)21/h3-7,9-11,17,19H,8,18H2,1-2H3,(H,20,21)/p-1. The number of aliphatic hydroxyl groups is 1. The molecule has 0 aliphatic rings. The Balaban J connectivity index is 2.45. The third kappa shape index (κ3) is 4.01. The van der Waals surface area contributed by atoms with Crippen LogP contribution in [-0.2, 0) is 17.5 Å². The molecule has 0 amide bonds. The molecule has 0 heterocycles. The second-order valence-electron chi connectivity index (χ2n) is 5.73. The number of benzene rings is 2. The Labute approximate surface area is 133 Å². The van der Waals surface area contributed by atoms with Crippen LogP contribution in [0.2, 0.25) is 0 Å². The van der Waals surface area contributed by atoms with Crippen LogP contribution in [0.4, 0.5) is 0 Å². The highest BCUT2D eigenvalue weighted by atomic mass is 32.2. The molecule has 0 spiro atoms. The predicted octanol–water partition coefficient (Wildman–Crippen LogP) is 2.74. The normalized spacial score (nSPS) is 14.1. The Morgan fingerprint density at radius 1 is 1.18 bits per heavy atom. The molecule has 3 N–H and O–H groups in total. The smallest absolute Gasteiger partial charge is 0.129 e. The Morgan fingerprint density at radius 3 is 2.45 bits per heavy atom. The van der Waals surface area contributed by atoms with Crippen molar-refractivity contribution in [1.82, 2.24) is 0 Å². The molecule has 0 aliphatic heterocycles. The summed E-state index contributed by atoms with van der Waals surface area (Å²) >= 11 is -2.45. The summed E-state index contributed by atoms with van der Waals surface area (Å²) < 4.78 is 22.7. The Morgan fingerprint density at radius 2 is 1.86 bits per heavy atom. The largest absolute Gasteiger partial charge is 0.768 e. The van der Waals surface area contributed by atoms with Gasteiger partial charge in [0.1, 0.15) is 6.23 Å². The Kier molecular flexibility index (Phi) is 5.47. The second-order valence-corrected chi connectivity index (χ2v) is 6.64. The molecule has 0 aromatic heterocycles. The molecular formula is C17H20NO3S-. The average Bonchev–Trinajstić information content (AvgIpc) is 2.46. The lowest BCUT2D eigenvalue weighted by Crippen LogP contribution is -2.12. The number of aliphatic hydroxyl groups excluding tert-OH is 1. The molecule has 0 fully saturated rings. The van der Waals surface area contributed by atoms with Gasteiger partial charge in [0.25, 0.3) is 0 Å². The van der Waals surface area contributed by atoms with Gasteiger partial charge in [-0.05, 0) is 46.2 Å². The lowest BCUT2D eigenvalue weighted by atomic mass is 9.97. The molecule has 0 aliphatic carbocycles. The topological polar surface area (TPSA) is 86.4 Å². The van der Waals surface area contributed by atoms with Gasteiger partial charge >= 0.3 is 0 Å². The summed E-state index contributed by atoms with van der Waals surface area (Å²) in [6.45, 7) is 4.31. The second kappa shape index (κ2) is 7.15. The Hall–Kier alpha value is -1.53. The van der Waals surface area contributed by atoms with Gasteiger partial charge in [-0.2, -0.15) is 0 Å². The molecule has 5 heteroatoms. The molecule has 4 nitrogen and oxygen atoms in total. The van der Waals surface area contributed by atoms with Crippen LogP contribution in [0.1, 0.15) is 31.2 Å². The van der Waals surface area contributed by atoms with E-state index in [1.165, 1.54) is 5.56 Å². The number of nitrogens with two attached hydrogens (primary N) is 1. The summed E-state index contributed by atoms with van der Waals surface area (Å²) in [5, 5.41) is 9.46. The highest BCUT2D eigenvalue weighted by Gasteiger charge is 2.11. The summed E-state index contributed by atoms with van der Waals surface area (Å²) in [6, 6.07) is 12.9. The highest BCUT2D eigenvalue weighted by Crippen LogP contribution is 2.27. The summed E-state index contributed by atoms with van der Waals surface area (Å²) in [5.41, 5.74) is 8.55. The van der Waals surface area contributed by atoms with Crippen LogP contribution >= 0.6 is 0 Å². The molecule has 2 rings (SSSR count). The van der Waals surface area contributed by atoms with Gasteiger partial charge in [0.2, 0.25) is 0 Å². The van der Waals surface area contributed by atoms with E-state index in [0.29, 0.717) is 5.92 Å². The molecule has 22 heavy (non-hydrogen) atoms. The van der Waals surface area contributed by atoms with E-state index in [2.05, 4.69) is 26.0 Å². The van der Waals surface area contributed by atoms with Crippen molar-refractivity contribution < 1.29 is 13.9 Å². The van der Waals surface area contributed by atoms with Gasteiger partial charge in [0.15, 0.2) is 0 Å². The van der Waals surface area contributed by atoms with Crippen molar-refractivity contribution in [2.24, 2.45) is 11.7 Å². The molecule has 0 bridgehead atoms. The minimum absolute atomic E-state index is 0.0294. The van der Waals surface area contributed by atoms with Crippen LogP contribution in [0.15, 0.2) is 47.4 Å². The fourth-order valence-corrected chi connectivity index (χ4v) is 3.06. The van der Waals surface area contributed by atoms with E-state index in [9.17, 15) is 13.9 Å². The molecule has 0 saturated heterocycles. The first-order chi connectivity index (χ1) is 10.4. The first kappa shape index (κ1) is 16.8. The van der Waals surface area contributed by atoms with E-state index in [4.69, 9.17) is 5.73 Å². The fraction of sp³-hybridized carbons (Fsp3) is 0.294. The van der Waals surface area contributed by atoms with Crippen LogP contribution in [0.25, 0.3) is 11.1 Å². The van der Waals surface area contributed by atoms with Crippen LogP contribution in [0.3, 0.4) is 0 Å². The lowest BCUT2D eigenvalue weighted by Gasteiger charge is -2.16. The van der Waals surface area contributed by atoms with E-state index in [1.54, 1.807) is 18.2 Å². The van der Waals surface area contributed by atoms with Crippen LogP contribution in [-0.4, -0.2) is 13.9 Å². The van der Waals surface area contributed by atoms with Gasteiger partial charge in [0.05, 0.1) is 0 Å². The van der Waals surface area contributed by atoms with Gasteiger partial charge in [-0.25, -0.2) is 0 Å². The van der Waals surface area contributed by atoms with E-state index >= 15 is 0 Å². The van der Waals surface area contributed by atoms with Crippen LogP contribution in [0, 0.1) is 5.92 Å². The minimum Gasteiger partial charge on any atom is -0.768 e. The molecule has 2 aromatic rings. The van der Waals surface area contributed by atoms with E-state index in [0.717, 1.165) is 17.5 Å². The molecular weight excluding hydrogens is 298 g/mol.